The Morgan fingerprint density at radius 2 is 1.12 bits per heavy atom. The van der Waals surface area contributed by atoms with Crippen molar-refractivity contribution >= 4 is 82.8 Å². The zero-order chi connectivity index (χ0) is 54.9. The van der Waals surface area contributed by atoms with Crippen molar-refractivity contribution in [3.05, 3.63) is 203 Å². The number of piperidine rings is 1. The van der Waals surface area contributed by atoms with Crippen LogP contribution in [-0.4, -0.2) is 109 Å². The Bertz CT molecular complexity index is 3750. The highest BCUT2D eigenvalue weighted by Gasteiger charge is 2.51. The molecular formula is C60H63N5O9S2Si2. The van der Waals surface area contributed by atoms with Gasteiger partial charge in [-0.1, -0.05) is 152 Å². The lowest BCUT2D eigenvalue weighted by molar-refractivity contribution is -0.142. The van der Waals surface area contributed by atoms with Gasteiger partial charge in [0.2, 0.25) is 20.0 Å². The van der Waals surface area contributed by atoms with Gasteiger partial charge in [0.05, 0.1) is 46.2 Å². The Labute approximate surface area is 460 Å². The van der Waals surface area contributed by atoms with Gasteiger partial charge >= 0.3 is 9.92 Å². The Balaban J connectivity index is 1.14. The van der Waals surface area contributed by atoms with Crippen LogP contribution in [0.3, 0.4) is 0 Å². The van der Waals surface area contributed by atoms with Crippen molar-refractivity contribution in [2.24, 2.45) is 0 Å². The number of rotatable bonds is 20. The molecule has 2 aliphatic rings. The van der Waals surface area contributed by atoms with E-state index in [0.717, 1.165) is 44.1 Å². The van der Waals surface area contributed by atoms with Crippen LogP contribution in [0.2, 0.25) is 25.7 Å². The van der Waals surface area contributed by atoms with Crippen LogP contribution in [0.25, 0.3) is 33.0 Å². The molecule has 2 radical (unpaired) electrons. The third-order valence-corrected chi connectivity index (χ3v) is 20.5. The molecule has 10 rings (SSSR count). The van der Waals surface area contributed by atoms with Crippen molar-refractivity contribution in [1.29, 1.82) is 0 Å². The van der Waals surface area contributed by atoms with Gasteiger partial charge in [-0.25, -0.2) is 21.6 Å². The fourth-order valence-corrected chi connectivity index (χ4v) is 14.9. The second kappa shape index (κ2) is 22.6. The summed E-state index contributed by atoms with van der Waals surface area (Å²) in [4.78, 5) is 30.5. The second-order valence-corrected chi connectivity index (χ2v) is 31.5. The number of hydrogen-bond acceptors (Lipinski definition) is 9. The molecule has 402 valence electrons. The van der Waals surface area contributed by atoms with Crippen LogP contribution in [-0.2, 0) is 63.3 Å². The van der Waals surface area contributed by atoms with Crippen LogP contribution in [0.15, 0.2) is 180 Å². The molecule has 78 heavy (non-hydrogen) atoms. The number of fused-ring (bicyclic) bond motifs is 2. The number of ether oxygens (including phenoxy) is 2. The number of benzene rings is 6. The van der Waals surface area contributed by atoms with Gasteiger partial charge < -0.3 is 22.7 Å². The normalized spacial score (nSPS) is 18.7. The molecule has 0 unspecified atom stereocenters. The van der Waals surface area contributed by atoms with Crippen molar-refractivity contribution in [2.45, 2.75) is 93.4 Å². The average Bonchev–Trinajstić information content (AvgIpc) is 4.24. The molecule has 1 N–H and O–H groups in total. The first-order chi connectivity index (χ1) is 37.4. The van der Waals surface area contributed by atoms with Crippen LogP contribution in [0.4, 0.5) is 0 Å². The molecule has 8 aromatic rings. The Morgan fingerprint density at radius 1 is 0.615 bits per heavy atom. The Hall–Kier alpha value is -6.59. The molecular weight excluding hydrogens is 1050 g/mol. The van der Waals surface area contributed by atoms with Crippen LogP contribution in [0, 0.1) is 13.8 Å². The van der Waals surface area contributed by atoms with Crippen LogP contribution in [0.1, 0.15) is 33.4 Å². The summed E-state index contributed by atoms with van der Waals surface area (Å²) >= 11 is 0. The average molecular weight is 1120 g/mol. The zero-order valence-corrected chi connectivity index (χ0v) is 48.1. The predicted molar refractivity (Wildman–Crippen MR) is 308 cm³/mol. The fraction of sp³-hybridized carbons (Fsp3) is 0.267. The number of aromatic nitrogens is 2. The number of aryl methyl sites for hydroxylation is 2. The van der Waals surface area contributed by atoms with E-state index in [9.17, 15) is 18.0 Å². The molecule has 14 nitrogen and oxygen atoms in total. The molecule has 0 spiro atoms. The topological polar surface area (TPSA) is 158 Å². The minimum atomic E-state index is -4.45. The van der Waals surface area contributed by atoms with E-state index in [0.29, 0.717) is 28.6 Å². The quantitative estimate of drug-likeness (QED) is 0.0446. The summed E-state index contributed by atoms with van der Waals surface area (Å²) in [6, 6.07) is 46.0. The largest absolute Gasteiger partial charge is 0.398 e. The Morgan fingerprint density at radius 3 is 1.69 bits per heavy atom. The van der Waals surface area contributed by atoms with Crippen molar-refractivity contribution in [3.8, 4) is 0 Å². The molecule has 0 bridgehead atoms. The highest BCUT2D eigenvalue weighted by Crippen LogP contribution is 2.42. The minimum Gasteiger partial charge on any atom is -0.398 e. The van der Waals surface area contributed by atoms with Gasteiger partial charge in [-0.2, -0.15) is 4.31 Å². The van der Waals surface area contributed by atoms with E-state index < -0.39 is 64.2 Å². The maximum absolute atomic E-state index is 15.6. The molecule has 0 saturated carbocycles. The summed E-state index contributed by atoms with van der Waals surface area (Å²) in [5, 5.41) is 1.45. The molecule has 2 aromatic heterocycles. The van der Waals surface area contributed by atoms with Gasteiger partial charge in [0.15, 0.2) is 0 Å². The number of para-hydroxylation sites is 2. The van der Waals surface area contributed by atoms with Crippen molar-refractivity contribution < 1.29 is 40.3 Å². The van der Waals surface area contributed by atoms with E-state index in [2.05, 4.69) is 24.4 Å². The summed E-state index contributed by atoms with van der Waals surface area (Å²) in [5.74, 6) is -0.931. The van der Waals surface area contributed by atoms with Crippen molar-refractivity contribution in [2.75, 3.05) is 20.2 Å². The summed E-state index contributed by atoms with van der Waals surface area (Å²) in [6.45, 7) is 10.9. The SMILES string of the molecule is Cc1ccc(S(=O)(=O)N[C@H]2CN(S(=O)(=O)c3ccc(C)cc3)[C@@H](Cn3cc(C4=C(c5cn([Si]OCC[Si](C)(C)C)c6ccccc56)C(=O)N(C)C4=O)c4ccccc43)[C@@H](OCc3ccccc3)[C@@H]2OCc2ccccc2)cc1. The number of hydrogen-bond donors (Lipinski definition) is 1. The number of imide groups is 1. The third kappa shape index (κ3) is 11.5. The molecule has 1 saturated heterocycles. The number of sulfonamides is 2. The lowest BCUT2D eigenvalue weighted by Crippen LogP contribution is -2.68. The smallest absolute Gasteiger partial charge is 0.386 e. The molecule has 2 amide bonds. The van der Waals surface area contributed by atoms with E-state index in [1.807, 2.05) is 144 Å². The van der Waals surface area contributed by atoms with E-state index in [1.54, 1.807) is 36.4 Å². The first-order valence-corrected chi connectivity index (χ1v) is 33.5. The van der Waals surface area contributed by atoms with Gasteiger partial charge in [-0.15, -0.1) is 0 Å². The maximum atomic E-state index is 15.6. The van der Waals surface area contributed by atoms with Gasteiger partial charge in [-0.05, 0) is 67.4 Å². The second-order valence-electron chi connectivity index (χ2n) is 21.3. The number of carbonyl (C=O) groups is 2. The molecule has 1 fully saturated rings. The van der Waals surface area contributed by atoms with Gasteiger partial charge in [0, 0.05) is 80.1 Å². The molecule has 4 atom stereocenters. The molecule has 6 aromatic carbocycles. The molecule has 18 heteroatoms. The molecule has 0 aliphatic carbocycles. The number of nitrogens with one attached hydrogen (secondary N) is 1. The predicted octanol–water partition coefficient (Wildman–Crippen LogP) is 9.45. The Kier molecular flexibility index (Phi) is 15.9. The monoisotopic (exact) mass is 1120 g/mol. The number of amides is 2. The van der Waals surface area contributed by atoms with Crippen LogP contribution >= 0.6 is 0 Å². The maximum Gasteiger partial charge on any atom is 0.386 e. The van der Waals surface area contributed by atoms with Gasteiger partial charge in [0.1, 0.15) is 12.2 Å². The lowest BCUT2D eigenvalue weighted by atomic mass is 9.93. The highest BCUT2D eigenvalue weighted by molar-refractivity contribution is 7.89. The first kappa shape index (κ1) is 54.8. The fourth-order valence-electron chi connectivity index (χ4n) is 10.3. The summed E-state index contributed by atoms with van der Waals surface area (Å²) in [6.07, 6.45) is 1.52. The van der Waals surface area contributed by atoms with E-state index in [-0.39, 0.29) is 57.2 Å². The first-order valence-electron chi connectivity index (χ1n) is 26.0. The number of carbonyl (C=O) groups excluding carboxylic acids is 2. The van der Waals surface area contributed by atoms with Crippen LogP contribution in [0.5, 0.6) is 0 Å². The zero-order valence-electron chi connectivity index (χ0n) is 44.5. The third-order valence-electron chi connectivity index (χ3n) is 14.5. The summed E-state index contributed by atoms with van der Waals surface area (Å²) < 4.78 is 88.6. The molecule has 4 heterocycles. The van der Waals surface area contributed by atoms with Gasteiger partial charge in [0.25, 0.3) is 11.8 Å². The lowest BCUT2D eigenvalue weighted by Gasteiger charge is -2.48. The van der Waals surface area contributed by atoms with E-state index in [4.69, 9.17) is 13.9 Å². The summed E-state index contributed by atoms with van der Waals surface area (Å²) in [7, 11) is -8.68. The number of nitrogens with zero attached hydrogens (tertiary/aromatic N) is 4. The van der Waals surface area contributed by atoms with Gasteiger partial charge in [-0.3, -0.25) is 14.5 Å². The highest BCUT2D eigenvalue weighted by atomic mass is 32.2. The minimum absolute atomic E-state index is 0.00750. The molecule has 2 aliphatic heterocycles. The van der Waals surface area contributed by atoms with Crippen LogP contribution < -0.4 is 4.72 Å². The standard InChI is InChI=1S/C60H63N5O9S2Si2/c1-41-25-29-45(30-26-41)75(68,69)61-51-37-64(76(70,71)46-31-27-42(2)28-32-46)54(58(73-40-44-19-11-8-12-20-44)57(51)72-39-43-17-9-7-10-18-43)38-63-35-49(47-21-13-15-23-52(47)63)55-56(60(67)62(3)59(55)66)50-36-65(53-24-16-14-22-48(50)53)77-74-33-34-78(4,5)6/h7-32,35-36,51,54,57-58,61H,33-34,37-40H2,1-6H3/t51-,54-,57+,58+/m0/s1. The van der Waals surface area contributed by atoms with E-state index >= 15 is 8.42 Å². The van der Waals surface area contributed by atoms with Crippen molar-refractivity contribution in [1.82, 2.24) is 22.7 Å². The summed E-state index contributed by atoms with van der Waals surface area (Å²) in [5.41, 5.74) is 6.40. The van der Waals surface area contributed by atoms with Crippen molar-refractivity contribution in [3.63, 3.8) is 0 Å². The number of likely N-dealkylation sites (N-methyl/N-ethyl adjacent to an activating group) is 1. The van der Waals surface area contributed by atoms with E-state index in [1.165, 1.54) is 23.5 Å².